The first-order chi connectivity index (χ1) is 9.11. The van der Waals surface area contributed by atoms with Crippen LogP contribution in [0.3, 0.4) is 0 Å². The summed E-state index contributed by atoms with van der Waals surface area (Å²) in [6.45, 7) is 3.66. The molecule has 2 aromatic heterocycles. The summed E-state index contributed by atoms with van der Waals surface area (Å²) in [6.07, 6.45) is 4.49. The van der Waals surface area contributed by atoms with E-state index in [0.29, 0.717) is 30.8 Å². The number of aryl methyl sites for hydroxylation is 1. The average molecular weight is 260 g/mol. The predicted molar refractivity (Wildman–Crippen MR) is 70.2 cm³/mol. The van der Waals surface area contributed by atoms with Crippen LogP contribution in [0.1, 0.15) is 36.3 Å². The van der Waals surface area contributed by atoms with Gasteiger partial charge in [-0.1, -0.05) is 6.07 Å². The second kappa shape index (κ2) is 5.65. The molecule has 0 radical (unpaired) electrons. The van der Waals surface area contributed by atoms with E-state index in [4.69, 9.17) is 4.74 Å². The van der Waals surface area contributed by atoms with Crippen molar-refractivity contribution in [2.45, 2.75) is 26.7 Å². The molecule has 0 fully saturated rings. The molecule has 2 heterocycles. The number of hydrogen-bond donors (Lipinski definition) is 0. The van der Waals surface area contributed by atoms with Crippen molar-refractivity contribution in [3.05, 3.63) is 35.8 Å². The van der Waals surface area contributed by atoms with E-state index in [1.54, 1.807) is 18.2 Å². The Balaban J connectivity index is 2.31. The molecule has 5 nitrogen and oxygen atoms in total. The lowest BCUT2D eigenvalue weighted by atomic mass is 10.1. The third-order valence-electron chi connectivity index (χ3n) is 2.82. The molecule has 2 aromatic rings. The first-order valence-corrected chi connectivity index (χ1v) is 6.24. The number of rotatable bonds is 5. The lowest BCUT2D eigenvalue weighted by Crippen LogP contribution is -2.08. The van der Waals surface area contributed by atoms with Crippen LogP contribution in [0.15, 0.2) is 24.5 Å². The normalized spacial score (nSPS) is 10.6. The maximum atomic E-state index is 11.8. The molecule has 0 saturated carbocycles. The number of ketones is 1. The summed E-state index contributed by atoms with van der Waals surface area (Å²) in [5.41, 5.74) is 2.09. The van der Waals surface area contributed by atoms with Crippen LogP contribution in [0.2, 0.25) is 0 Å². The third kappa shape index (κ3) is 2.99. The van der Waals surface area contributed by atoms with Gasteiger partial charge < -0.3 is 9.53 Å². The van der Waals surface area contributed by atoms with Gasteiger partial charge in [0.05, 0.1) is 12.8 Å². The van der Waals surface area contributed by atoms with Gasteiger partial charge in [-0.15, -0.1) is 0 Å². The molecule has 2 rings (SSSR count). The number of carbonyl (C=O) groups is 2. The summed E-state index contributed by atoms with van der Waals surface area (Å²) in [7, 11) is 0. The number of nitrogens with zero attached hydrogens (tertiary/aromatic N) is 2. The van der Waals surface area contributed by atoms with Gasteiger partial charge in [0.15, 0.2) is 5.69 Å². The van der Waals surface area contributed by atoms with E-state index < -0.39 is 5.97 Å². The number of fused-ring (bicyclic) bond motifs is 1. The summed E-state index contributed by atoms with van der Waals surface area (Å²) in [4.78, 5) is 26.9. The number of ether oxygens (including phenoxy) is 1. The maximum Gasteiger partial charge on any atom is 0.356 e. The lowest BCUT2D eigenvalue weighted by Gasteiger charge is -2.04. The number of Topliss-reactive ketones (excluding diaryl/α,β-unsaturated/α-hetero) is 1. The maximum absolute atomic E-state index is 11.8. The lowest BCUT2D eigenvalue weighted by molar-refractivity contribution is -0.116. The van der Waals surface area contributed by atoms with E-state index >= 15 is 0 Å². The van der Waals surface area contributed by atoms with Gasteiger partial charge in [-0.2, -0.15) is 0 Å². The highest BCUT2D eigenvalue weighted by Crippen LogP contribution is 2.12. The molecule has 0 aliphatic carbocycles. The van der Waals surface area contributed by atoms with Crippen LogP contribution in [0.4, 0.5) is 0 Å². The Morgan fingerprint density at radius 2 is 2.16 bits per heavy atom. The number of esters is 1. The monoisotopic (exact) mass is 260 g/mol. The first kappa shape index (κ1) is 13.3. The molecular formula is C14H16N2O3. The Hall–Kier alpha value is -2.17. The molecule has 0 unspecified atom stereocenters. The highest BCUT2D eigenvalue weighted by Gasteiger charge is 2.13. The summed E-state index contributed by atoms with van der Waals surface area (Å²) in [6, 6.07) is 3.75. The van der Waals surface area contributed by atoms with Gasteiger partial charge in [0, 0.05) is 12.6 Å². The largest absolute Gasteiger partial charge is 0.461 e. The summed E-state index contributed by atoms with van der Waals surface area (Å²) < 4.78 is 6.68. The van der Waals surface area contributed by atoms with Gasteiger partial charge in [-0.25, -0.2) is 9.78 Å². The van der Waals surface area contributed by atoms with Crippen molar-refractivity contribution >= 4 is 17.4 Å². The summed E-state index contributed by atoms with van der Waals surface area (Å²) in [5, 5.41) is 0. The molecular weight excluding hydrogens is 244 g/mol. The Kier molecular flexibility index (Phi) is 3.94. The molecule has 0 amide bonds. The van der Waals surface area contributed by atoms with Crippen LogP contribution in [0.25, 0.3) is 5.65 Å². The average Bonchev–Trinajstić information content (AvgIpc) is 2.79. The number of hydrogen-bond acceptors (Lipinski definition) is 4. The van der Waals surface area contributed by atoms with Crippen LogP contribution >= 0.6 is 0 Å². The van der Waals surface area contributed by atoms with Crippen molar-refractivity contribution in [2.75, 3.05) is 6.61 Å². The van der Waals surface area contributed by atoms with Crippen molar-refractivity contribution in [3.63, 3.8) is 0 Å². The molecule has 100 valence electrons. The molecule has 0 aromatic carbocycles. The SMILES string of the molecule is CCOC(=O)c1cnc2ccc(CCC(C)=O)cn12. The fourth-order valence-corrected chi connectivity index (χ4v) is 1.85. The van der Waals surface area contributed by atoms with Crippen molar-refractivity contribution in [3.8, 4) is 0 Å². The van der Waals surface area contributed by atoms with Crippen LogP contribution in [-0.2, 0) is 16.0 Å². The van der Waals surface area contributed by atoms with Gasteiger partial charge >= 0.3 is 5.97 Å². The molecule has 0 saturated heterocycles. The Morgan fingerprint density at radius 3 is 2.84 bits per heavy atom. The smallest absolute Gasteiger partial charge is 0.356 e. The molecule has 5 heteroatoms. The van der Waals surface area contributed by atoms with E-state index in [-0.39, 0.29) is 5.78 Å². The minimum atomic E-state index is -0.390. The fraction of sp³-hybridized carbons (Fsp3) is 0.357. The van der Waals surface area contributed by atoms with Gasteiger partial charge in [0.2, 0.25) is 0 Å². The van der Waals surface area contributed by atoms with E-state index in [9.17, 15) is 9.59 Å². The minimum absolute atomic E-state index is 0.149. The van der Waals surface area contributed by atoms with Gasteiger partial charge in [0.1, 0.15) is 11.4 Å². The Labute approximate surface area is 111 Å². The van der Waals surface area contributed by atoms with Gasteiger partial charge in [0.25, 0.3) is 0 Å². The highest BCUT2D eigenvalue weighted by molar-refractivity contribution is 5.88. The molecule has 0 aliphatic rings. The predicted octanol–water partition coefficient (Wildman–Crippen LogP) is 2.03. The molecule has 0 bridgehead atoms. The second-order valence-electron chi connectivity index (χ2n) is 4.33. The van der Waals surface area contributed by atoms with E-state index in [1.165, 1.54) is 6.20 Å². The van der Waals surface area contributed by atoms with Gasteiger partial charge in [-0.3, -0.25) is 4.40 Å². The zero-order valence-electron chi connectivity index (χ0n) is 11.0. The van der Waals surface area contributed by atoms with Crippen molar-refractivity contribution in [1.82, 2.24) is 9.38 Å². The quantitative estimate of drug-likeness (QED) is 0.772. The van der Waals surface area contributed by atoms with E-state index in [1.807, 2.05) is 18.3 Å². The van der Waals surface area contributed by atoms with Crippen molar-refractivity contribution in [1.29, 1.82) is 0 Å². The molecule has 0 atom stereocenters. The summed E-state index contributed by atoms with van der Waals surface area (Å²) in [5.74, 6) is -0.241. The van der Waals surface area contributed by atoms with E-state index in [2.05, 4.69) is 4.98 Å². The standard InChI is InChI=1S/C14H16N2O3/c1-3-19-14(18)12-8-15-13-7-6-11(9-16(12)13)5-4-10(2)17/h6-9H,3-5H2,1-2H3. The fourth-order valence-electron chi connectivity index (χ4n) is 1.85. The van der Waals surface area contributed by atoms with Crippen LogP contribution in [-0.4, -0.2) is 27.7 Å². The van der Waals surface area contributed by atoms with Crippen molar-refractivity contribution in [2.24, 2.45) is 0 Å². The molecule has 0 N–H and O–H groups in total. The molecule has 0 aliphatic heterocycles. The zero-order chi connectivity index (χ0) is 13.8. The minimum Gasteiger partial charge on any atom is -0.461 e. The van der Waals surface area contributed by atoms with Crippen LogP contribution in [0.5, 0.6) is 0 Å². The topological polar surface area (TPSA) is 60.7 Å². The highest BCUT2D eigenvalue weighted by atomic mass is 16.5. The molecule has 19 heavy (non-hydrogen) atoms. The zero-order valence-corrected chi connectivity index (χ0v) is 11.0. The second-order valence-corrected chi connectivity index (χ2v) is 4.33. The number of carbonyl (C=O) groups excluding carboxylic acids is 2. The summed E-state index contributed by atoms with van der Waals surface area (Å²) >= 11 is 0. The third-order valence-corrected chi connectivity index (χ3v) is 2.82. The van der Waals surface area contributed by atoms with Crippen LogP contribution < -0.4 is 0 Å². The number of imidazole rings is 1. The van der Waals surface area contributed by atoms with Crippen molar-refractivity contribution < 1.29 is 14.3 Å². The van der Waals surface area contributed by atoms with Gasteiger partial charge in [-0.05, 0) is 31.9 Å². The first-order valence-electron chi connectivity index (χ1n) is 6.24. The Morgan fingerprint density at radius 1 is 1.37 bits per heavy atom. The molecule has 0 spiro atoms. The number of aromatic nitrogens is 2. The Bertz CT molecular complexity index is 616. The van der Waals surface area contributed by atoms with Crippen LogP contribution in [0, 0.1) is 0 Å². The number of pyridine rings is 1. The van der Waals surface area contributed by atoms with E-state index in [0.717, 1.165) is 5.56 Å².